The highest BCUT2D eigenvalue weighted by atomic mass is 16.6. The van der Waals surface area contributed by atoms with Crippen LogP contribution < -0.4 is 11.0 Å². The van der Waals surface area contributed by atoms with E-state index >= 15 is 0 Å². The summed E-state index contributed by atoms with van der Waals surface area (Å²) < 4.78 is 13.9. The molecule has 12 nitrogen and oxygen atoms in total. The molecular weight excluding hydrogens is 542 g/mol. The van der Waals surface area contributed by atoms with Gasteiger partial charge in [-0.05, 0) is 58.7 Å². The second-order valence-corrected chi connectivity index (χ2v) is 9.77. The summed E-state index contributed by atoms with van der Waals surface area (Å²) in [6.45, 7) is 12.8. The van der Waals surface area contributed by atoms with Gasteiger partial charge in [-0.25, -0.2) is 9.78 Å². The molecule has 3 aromatic heterocycles. The molecule has 0 saturated carbocycles. The third-order valence-corrected chi connectivity index (χ3v) is 6.25. The number of pyridine rings is 2. The number of allylic oxidation sites excluding steroid dienone is 3. The highest BCUT2D eigenvalue weighted by molar-refractivity contribution is 5.94. The van der Waals surface area contributed by atoms with Gasteiger partial charge in [0.1, 0.15) is 16.9 Å². The molecule has 0 spiro atoms. The van der Waals surface area contributed by atoms with Crippen molar-refractivity contribution in [1.82, 2.24) is 14.0 Å². The molecule has 12 heteroatoms. The molecule has 0 saturated heterocycles. The smallest absolute Gasteiger partial charge is 0.341 e. The number of hydrogen-bond donors (Lipinski definition) is 0. The van der Waals surface area contributed by atoms with Crippen LogP contribution in [0.15, 0.2) is 70.3 Å². The van der Waals surface area contributed by atoms with E-state index in [1.165, 1.54) is 35.6 Å². The molecule has 0 aliphatic carbocycles. The highest BCUT2D eigenvalue weighted by Gasteiger charge is 2.21. The summed E-state index contributed by atoms with van der Waals surface area (Å²) in [6.07, 6.45) is 5.67. The highest BCUT2D eigenvalue weighted by Crippen LogP contribution is 2.15. The van der Waals surface area contributed by atoms with Crippen LogP contribution in [0, 0.1) is 17.0 Å². The number of carbonyl (C=O) groups is 2. The number of aromatic nitrogens is 3. The summed E-state index contributed by atoms with van der Waals surface area (Å²) >= 11 is 0. The van der Waals surface area contributed by atoms with Crippen molar-refractivity contribution in [3.8, 4) is 0 Å². The molecule has 3 rings (SSSR count). The summed E-state index contributed by atoms with van der Waals surface area (Å²) in [7, 11) is 0. The van der Waals surface area contributed by atoms with E-state index in [0.29, 0.717) is 18.7 Å². The minimum absolute atomic E-state index is 0.0154. The van der Waals surface area contributed by atoms with Crippen LogP contribution in [0.4, 0.5) is 0 Å². The van der Waals surface area contributed by atoms with Crippen LogP contribution >= 0.6 is 0 Å². The van der Waals surface area contributed by atoms with Crippen LogP contribution in [-0.4, -0.2) is 50.1 Å². The van der Waals surface area contributed by atoms with E-state index in [1.807, 2.05) is 26.8 Å². The Balaban J connectivity index is 2.36. The molecule has 0 unspecified atom stereocenters. The van der Waals surface area contributed by atoms with E-state index in [1.54, 1.807) is 23.8 Å². The fourth-order valence-electron chi connectivity index (χ4n) is 4.31. The molecule has 3 heterocycles. The summed E-state index contributed by atoms with van der Waals surface area (Å²) in [6, 6.07) is 4.88. The fourth-order valence-corrected chi connectivity index (χ4v) is 4.31. The molecule has 0 bridgehead atoms. The lowest BCUT2D eigenvalue weighted by atomic mass is 10.1. The lowest BCUT2D eigenvalue weighted by Gasteiger charge is -2.16. The third kappa shape index (κ3) is 7.32. The Morgan fingerprint density at radius 3 is 2.67 bits per heavy atom. The molecule has 0 atom stereocenters. The molecule has 0 radical (unpaired) electrons. The van der Waals surface area contributed by atoms with E-state index in [9.17, 15) is 24.5 Å². The quantitative estimate of drug-likeness (QED) is 0.0782. The number of amides is 1. The minimum Gasteiger partial charge on any atom is -0.462 e. The topological polar surface area (TPSA) is 147 Å². The summed E-state index contributed by atoms with van der Waals surface area (Å²) in [5.74, 6) is -1.51. The Morgan fingerprint density at radius 1 is 1.29 bits per heavy atom. The molecule has 222 valence electrons. The monoisotopic (exact) mass is 577 g/mol. The molecule has 0 aliphatic heterocycles. The summed E-state index contributed by atoms with van der Waals surface area (Å²) in [4.78, 5) is 60.0. The zero-order chi connectivity index (χ0) is 31.0. The number of carbonyl (C=O) groups excluding carboxylic acids is 2. The second-order valence-electron chi connectivity index (χ2n) is 9.77. The van der Waals surface area contributed by atoms with Gasteiger partial charge in [0.2, 0.25) is 0 Å². The van der Waals surface area contributed by atoms with E-state index in [-0.39, 0.29) is 59.0 Å². The van der Waals surface area contributed by atoms with E-state index in [2.05, 4.69) is 11.6 Å². The lowest BCUT2D eigenvalue weighted by molar-refractivity contribution is -0.420. The van der Waals surface area contributed by atoms with Crippen LogP contribution in [0.3, 0.4) is 0 Å². The fraction of sp³-hybridized carbons (Fsp3) is 0.367. The first kappa shape index (κ1) is 31.8. The van der Waals surface area contributed by atoms with Crippen molar-refractivity contribution < 1.29 is 24.0 Å². The predicted octanol–water partition coefficient (Wildman–Crippen LogP) is 4.06. The minimum atomic E-state index is -0.779. The maximum absolute atomic E-state index is 13.6. The van der Waals surface area contributed by atoms with Gasteiger partial charge in [0, 0.05) is 31.0 Å². The number of hydrogen-bond acceptors (Lipinski definition) is 8. The number of nitrogens with zero attached hydrogens (tertiary/aromatic N) is 5. The molecule has 3 aromatic rings. The van der Waals surface area contributed by atoms with Crippen LogP contribution in [-0.2, 0) is 20.8 Å². The first-order chi connectivity index (χ1) is 20.0. The van der Waals surface area contributed by atoms with Crippen molar-refractivity contribution in [2.45, 2.75) is 60.1 Å². The molecule has 1 amide bonds. The van der Waals surface area contributed by atoms with Gasteiger partial charge in [-0.15, -0.1) is 0 Å². The molecule has 0 N–H and O–H groups in total. The van der Waals surface area contributed by atoms with Crippen molar-refractivity contribution in [1.29, 1.82) is 0 Å². The second kappa shape index (κ2) is 14.3. The van der Waals surface area contributed by atoms with Crippen molar-refractivity contribution in [2.24, 2.45) is 4.99 Å². The Bertz CT molecular complexity index is 1730. The lowest BCUT2D eigenvalue weighted by Crippen LogP contribution is -2.33. The van der Waals surface area contributed by atoms with E-state index < -0.39 is 22.4 Å². The van der Waals surface area contributed by atoms with Gasteiger partial charge in [-0.3, -0.25) is 24.1 Å². The van der Waals surface area contributed by atoms with Gasteiger partial charge < -0.3 is 14.0 Å². The number of ether oxygens (including phenoxy) is 2. The van der Waals surface area contributed by atoms with Crippen LogP contribution in [0.5, 0.6) is 0 Å². The maximum Gasteiger partial charge on any atom is 0.341 e. The molecule has 42 heavy (non-hydrogen) atoms. The Kier molecular flexibility index (Phi) is 10.8. The van der Waals surface area contributed by atoms with E-state index in [4.69, 9.17) is 14.5 Å². The van der Waals surface area contributed by atoms with Crippen LogP contribution in [0.1, 0.15) is 56.5 Å². The van der Waals surface area contributed by atoms with Gasteiger partial charge in [-0.2, -0.15) is 4.99 Å². The zero-order valence-electron chi connectivity index (χ0n) is 24.5. The van der Waals surface area contributed by atoms with Gasteiger partial charge in [0.15, 0.2) is 5.49 Å². The number of nitro groups is 1. The number of esters is 1. The Labute approximate surface area is 242 Å². The third-order valence-electron chi connectivity index (χ3n) is 6.25. The average molecular weight is 578 g/mol. The standard InChI is InChI=1S/C30H35N5O7/c1-7-9-13-24(35(39)40)21(6)17-25(36)31-28-23(30(38)41-8-2)18-22-27(33(28)15-11-16-42-19(3)4)32-26-20(5)12-10-14-34(26)29(22)37/h7,9-10,12-14,18-19H,1,8,11,15-17H2,2-6H3/b13-9+,24-21-,31-28?. The van der Waals surface area contributed by atoms with Gasteiger partial charge in [-0.1, -0.05) is 24.8 Å². The zero-order valence-corrected chi connectivity index (χ0v) is 24.5. The van der Waals surface area contributed by atoms with Crippen molar-refractivity contribution in [3.05, 3.63) is 97.6 Å². The predicted molar refractivity (Wildman–Crippen MR) is 158 cm³/mol. The van der Waals surface area contributed by atoms with Crippen LogP contribution in [0.25, 0.3) is 16.7 Å². The average Bonchev–Trinajstić information content (AvgIpc) is 2.92. The molecule has 0 aliphatic rings. The van der Waals surface area contributed by atoms with E-state index in [0.717, 1.165) is 5.56 Å². The normalized spacial score (nSPS) is 12.8. The Hall–Kier alpha value is -4.71. The summed E-state index contributed by atoms with van der Waals surface area (Å²) in [5, 5.41) is 11.7. The number of rotatable bonds is 12. The first-order valence-electron chi connectivity index (χ1n) is 13.5. The molecular formula is C30H35N5O7. The molecule has 0 fully saturated rings. The van der Waals surface area contributed by atoms with Gasteiger partial charge in [0.05, 0.1) is 29.4 Å². The number of aryl methyl sites for hydroxylation is 2. The van der Waals surface area contributed by atoms with Crippen molar-refractivity contribution >= 4 is 28.6 Å². The number of fused-ring (bicyclic) bond motifs is 2. The SMILES string of the molecule is C=C/C=C/C(=C(\C)CC(=O)N=c1c(C(=O)OCC)cc2c(=O)n3cccc(C)c3nc2n1CCCOC(C)C)[N+](=O)[O-]. The largest absolute Gasteiger partial charge is 0.462 e. The van der Waals surface area contributed by atoms with Gasteiger partial charge in [0.25, 0.3) is 17.2 Å². The first-order valence-corrected chi connectivity index (χ1v) is 13.5. The summed E-state index contributed by atoms with van der Waals surface area (Å²) in [5.41, 5.74) is 0.721. The Morgan fingerprint density at radius 2 is 2.02 bits per heavy atom. The van der Waals surface area contributed by atoms with Crippen molar-refractivity contribution in [2.75, 3.05) is 13.2 Å². The van der Waals surface area contributed by atoms with Crippen molar-refractivity contribution in [3.63, 3.8) is 0 Å². The maximum atomic E-state index is 13.6. The van der Waals surface area contributed by atoms with Crippen LogP contribution in [0.2, 0.25) is 0 Å². The molecule has 0 aromatic carbocycles. The van der Waals surface area contributed by atoms with Gasteiger partial charge >= 0.3 is 5.97 Å².